The lowest BCUT2D eigenvalue weighted by Crippen LogP contribution is -2.60. The molecule has 2 N–H and O–H groups in total. The van der Waals surface area contributed by atoms with Gasteiger partial charge in [-0.3, -0.25) is 14.9 Å². The summed E-state index contributed by atoms with van der Waals surface area (Å²) >= 11 is 10.8. The average Bonchev–Trinajstić information content (AvgIpc) is 3.81. The van der Waals surface area contributed by atoms with Crippen molar-refractivity contribution in [1.29, 1.82) is 0 Å². The molecule has 1 aromatic rings. The van der Waals surface area contributed by atoms with E-state index in [2.05, 4.69) is 17.9 Å². The van der Waals surface area contributed by atoms with Gasteiger partial charge in [-0.25, -0.2) is 9.59 Å². The molecule has 0 radical (unpaired) electrons. The van der Waals surface area contributed by atoms with E-state index in [4.69, 9.17) is 25.8 Å². The van der Waals surface area contributed by atoms with Crippen molar-refractivity contribution in [2.75, 3.05) is 24.7 Å². The number of alkyl carbamates (subject to hydrolysis) is 1. The number of esters is 1. The van der Waals surface area contributed by atoms with E-state index in [1.165, 1.54) is 16.8 Å². The molecule has 4 rings (SSSR count). The summed E-state index contributed by atoms with van der Waals surface area (Å²) in [5.74, 6) is -1.87. The van der Waals surface area contributed by atoms with Gasteiger partial charge in [0.1, 0.15) is 30.1 Å². The predicted molar refractivity (Wildman–Crippen MR) is 181 cm³/mol. The highest BCUT2D eigenvalue weighted by Gasteiger charge is 2.55. The number of nitrogens with one attached hydrogen (secondary N) is 1. The van der Waals surface area contributed by atoms with Crippen LogP contribution in [0.5, 0.6) is 0 Å². The predicted octanol–water partition coefficient (Wildman–Crippen LogP) is 4.37. The fraction of sp³-hybridized carbons (Fsp3) is 0.588. The summed E-state index contributed by atoms with van der Waals surface area (Å²) in [4.78, 5) is 55.0. The van der Waals surface area contributed by atoms with Gasteiger partial charge in [0.15, 0.2) is 0 Å². The summed E-state index contributed by atoms with van der Waals surface area (Å²) in [6.07, 6.45) is 2.49. The molecule has 0 saturated carbocycles. The molecular formula is C34H46ClN3O8S. The SMILES string of the molecule is C/C1=C\C=C\[C@@H](C)[C@@]2(O)C[C@H](OC(=O)N2)[C@@H](C)[C@@H]2O[C@H]2[C@@H](OC(=O)C(C)N(C)C(=O)CCS)CC(=O)N(C)c2cc(cc(C)c2Cl)C1. The number of aliphatic hydroxyl groups is 1. The van der Waals surface area contributed by atoms with E-state index < -0.39 is 60.1 Å². The van der Waals surface area contributed by atoms with E-state index >= 15 is 0 Å². The Morgan fingerprint density at radius 1 is 1.26 bits per heavy atom. The molecule has 0 aromatic heterocycles. The molecule has 2 saturated heterocycles. The maximum Gasteiger partial charge on any atom is 0.409 e. The molecule has 0 aliphatic carbocycles. The lowest BCUT2D eigenvalue weighted by molar-refractivity contribution is -0.159. The van der Waals surface area contributed by atoms with Gasteiger partial charge < -0.3 is 29.1 Å². The van der Waals surface area contributed by atoms with Crippen molar-refractivity contribution in [2.45, 2.75) is 96.5 Å². The van der Waals surface area contributed by atoms with Gasteiger partial charge in [0, 0.05) is 38.8 Å². The Morgan fingerprint density at radius 3 is 2.64 bits per heavy atom. The van der Waals surface area contributed by atoms with E-state index in [9.17, 15) is 24.3 Å². The first kappa shape index (κ1) is 36.8. The first-order chi connectivity index (χ1) is 22.1. The maximum atomic E-state index is 13.8. The molecular weight excluding hydrogens is 646 g/mol. The molecule has 11 nitrogen and oxygen atoms in total. The molecule has 1 aromatic carbocycles. The van der Waals surface area contributed by atoms with Crippen molar-refractivity contribution in [3.63, 3.8) is 0 Å². The smallest absolute Gasteiger partial charge is 0.409 e. The van der Waals surface area contributed by atoms with Crippen LogP contribution in [-0.2, 0) is 35.0 Å². The number of thiol groups is 1. The summed E-state index contributed by atoms with van der Waals surface area (Å²) in [6.45, 7) is 9.06. The molecule has 3 heterocycles. The van der Waals surface area contributed by atoms with Gasteiger partial charge in [0.05, 0.1) is 23.2 Å². The molecule has 3 aliphatic rings. The Hall–Kier alpha value is -3.06. The second-order valence-electron chi connectivity index (χ2n) is 13.0. The number of carbonyl (C=O) groups is 4. The minimum absolute atomic E-state index is 0.0888. The Kier molecular flexibility index (Phi) is 11.7. The van der Waals surface area contributed by atoms with Gasteiger partial charge in [-0.15, -0.1) is 0 Å². The van der Waals surface area contributed by atoms with Crippen LogP contribution in [0, 0.1) is 18.8 Å². The quantitative estimate of drug-likeness (QED) is 0.235. The van der Waals surface area contributed by atoms with E-state index in [1.807, 2.05) is 58.1 Å². The highest BCUT2D eigenvalue weighted by Crippen LogP contribution is 2.41. The van der Waals surface area contributed by atoms with Crippen LogP contribution in [0.4, 0.5) is 10.5 Å². The van der Waals surface area contributed by atoms with Crippen LogP contribution in [0.2, 0.25) is 5.02 Å². The van der Waals surface area contributed by atoms with Crippen molar-refractivity contribution >= 4 is 53.8 Å². The van der Waals surface area contributed by atoms with Crippen LogP contribution in [0.25, 0.3) is 0 Å². The van der Waals surface area contributed by atoms with Crippen molar-refractivity contribution in [1.82, 2.24) is 10.2 Å². The number of fused-ring (bicyclic) bond motifs is 5. The molecule has 47 heavy (non-hydrogen) atoms. The van der Waals surface area contributed by atoms with Crippen LogP contribution < -0.4 is 10.2 Å². The van der Waals surface area contributed by atoms with Gasteiger partial charge in [-0.2, -0.15) is 12.6 Å². The molecule has 13 heteroatoms. The molecule has 8 atom stereocenters. The Balaban J connectivity index is 1.70. The number of epoxide rings is 1. The van der Waals surface area contributed by atoms with E-state index in [-0.39, 0.29) is 31.1 Å². The summed E-state index contributed by atoms with van der Waals surface area (Å²) in [7, 11) is 3.13. The Bertz CT molecular complexity index is 1450. The van der Waals surface area contributed by atoms with Crippen LogP contribution in [-0.4, -0.2) is 89.9 Å². The highest BCUT2D eigenvalue weighted by atomic mass is 35.5. The number of nitrogens with zero attached hydrogens (tertiary/aromatic N) is 2. The van der Waals surface area contributed by atoms with Gasteiger partial charge >= 0.3 is 12.1 Å². The van der Waals surface area contributed by atoms with Crippen molar-refractivity contribution in [3.05, 3.63) is 52.1 Å². The van der Waals surface area contributed by atoms with Crippen molar-refractivity contribution in [2.24, 2.45) is 11.8 Å². The third kappa shape index (κ3) is 8.51. The Morgan fingerprint density at radius 2 is 1.96 bits per heavy atom. The molecule has 0 spiro atoms. The maximum absolute atomic E-state index is 13.8. The summed E-state index contributed by atoms with van der Waals surface area (Å²) in [6, 6.07) is 2.91. The Labute approximate surface area is 287 Å². The number of benzene rings is 1. The fourth-order valence-electron chi connectivity index (χ4n) is 6.06. The first-order valence-corrected chi connectivity index (χ1v) is 16.9. The van der Waals surface area contributed by atoms with Crippen LogP contribution in [0.1, 0.15) is 58.1 Å². The van der Waals surface area contributed by atoms with Gasteiger partial charge in [-0.05, 0) is 50.1 Å². The number of hydrogen-bond donors (Lipinski definition) is 3. The normalized spacial score (nSPS) is 32.1. The second-order valence-corrected chi connectivity index (χ2v) is 13.8. The number of aryl methyl sites for hydroxylation is 1. The fourth-order valence-corrected chi connectivity index (χ4v) is 6.49. The number of halogens is 1. The summed E-state index contributed by atoms with van der Waals surface area (Å²) in [5, 5.41) is 14.5. The van der Waals surface area contributed by atoms with E-state index in [0.717, 1.165) is 16.7 Å². The molecule has 2 fully saturated rings. The number of ether oxygens (including phenoxy) is 3. The molecule has 3 aliphatic heterocycles. The number of likely N-dealkylation sites (N-methyl/N-ethyl adjacent to an activating group) is 1. The standard InChI is InChI=1S/C34H46ClN3O8S/c1-18-9-8-10-20(3)34(43)17-26(45-33(42)36-34)21(4)30-31(46-30)25(44-32(41)22(5)37(6)27(39)11-12-47)16-28(40)38(7)24-15-23(13-18)14-19(2)29(24)35/h8-10,14-15,20-22,25-26,30-31,43,47H,11-13,16-17H2,1-7H3,(H,36,42)/b10-8+,18-9+/t20-,21-,22?,25+,26+,30+,31+,34+/m1/s1. The highest BCUT2D eigenvalue weighted by molar-refractivity contribution is 7.80. The average molecular weight is 692 g/mol. The van der Waals surface area contributed by atoms with E-state index in [1.54, 1.807) is 14.0 Å². The number of hydrogen-bond acceptors (Lipinski definition) is 9. The van der Waals surface area contributed by atoms with Crippen LogP contribution in [0.15, 0.2) is 35.9 Å². The number of carbonyl (C=O) groups excluding carboxylic acids is 4. The second kappa shape index (κ2) is 15.0. The lowest BCUT2D eigenvalue weighted by atomic mass is 9.84. The largest absolute Gasteiger partial charge is 0.457 e. The molecule has 1 unspecified atom stereocenters. The zero-order valence-electron chi connectivity index (χ0n) is 28.0. The van der Waals surface area contributed by atoms with Crippen molar-refractivity contribution in [3.8, 4) is 0 Å². The van der Waals surface area contributed by atoms with Gasteiger partial charge in [-0.1, -0.05) is 55.3 Å². The monoisotopic (exact) mass is 691 g/mol. The first-order valence-electron chi connectivity index (χ1n) is 15.9. The summed E-state index contributed by atoms with van der Waals surface area (Å²) < 4.78 is 17.6. The van der Waals surface area contributed by atoms with Gasteiger partial charge in [0.25, 0.3) is 0 Å². The number of amides is 3. The van der Waals surface area contributed by atoms with Gasteiger partial charge in [0.2, 0.25) is 11.8 Å². The molecule has 258 valence electrons. The van der Waals surface area contributed by atoms with E-state index in [0.29, 0.717) is 22.9 Å². The topological polar surface area (TPSA) is 138 Å². The number of rotatable bonds is 5. The van der Waals surface area contributed by atoms with Crippen LogP contribution in [0.3, 0.4) is 0 Å². The zero-order chi connectivity index (χ0) is 34.8. The third-order valence-corrected chi connectivity index (χ3v) is 10.2. The van der Waals surface area contributed by atoms with Crippen molar-refractivity contribution < 1.29 is 38.5 Å². The number of anilines is 1. The minimum Gasteiger partial charge on any atom is -0.457 e. The summed E-state index contributed by atoms with van der Waals surface area (Å²) in [5.41, 5.74) is 1.72. The molecule has 4 bridgehead atoms. The zero-order valence-corrected chi connectivity index (χ0v) is 29.6. The minimum atomic E-state index is -1.58. The lowest BCUT2D eigenvalue weighted by Gasteiger charge is -2.41. The molecule has 3 amide bonds. The number of allylic oxidation sites excluding steroid dienone is 3. The third-order valence-electron chi connectivity index (χ3n) is 9.45. The van der Waals surface area contributed by atoms with Crippen LogP contribution >= 0.6 is 24.2 Å².